The molecule has 1 saturated heterocycles. The van der Waals surface area contributed by atoms with E-state index in [1.54, 1.807) is 0 Å². The first-order valence-corrected chi connectivity index (χ1v) is 30.7. The summed E-state index contributed by atoms with van der Waals surface area (Å²) in [6.45, 7) is 2.60. The Morgan fingerprint density at radius 3 is 1.28 bits per heavy atom. The molecule has 0 spiro atoms. The van der Waals surface area contributed by atoms with Crippen LogP contribution in [-0.4, -0.2) is 172 Å². The largest absolute Gasteiger partial charge is 0.472 e. The van der Waals surface area contributed by atoms with E-state index in [-0.39, 0.29) is 12.8 Å². The normalized spacial score (nSPS) is 27.9. The first-order valence-electron chi connectivity index (χ1n) is 29.2. The number of ether oxygens (including phenoxy) is 2. The van der Waals surface area contributed by atoms with Crippen LogP contribution >= 0.6 is 7.82 Å². The quantitative estimate of drug-likeness (QED) is 0.0245. The average molecular weight is 1090 g/mol. The number of phosphoric ester groups is 1. The van der Waals surface area contributed by atoms with Crippen LogP contribution < -0.4 is 5.32 Å². The molecule has 2 fully saturated rings. The van der Waals surface area contributed by atoms with E-state index in [1.165, 1.54) is 135 Å². The number of amides is 1. The van der Waals surface area contributed by atoms with Crippen molar-refractivity contribution >= 4 is 13.7 Å². The maximum atomic E-state index is 13.6. The van der Waals surface area contributed by atoms with Gasteiger partial charge in [-0.25, -0.2) is 4.57 Å². The second-order valence-corrected chi connectivity index (χ2v) is 22.9. The monoisotopic (exact) mass is 1090 g/mol. The zero-order valence-electron chi connectivity index (χ0n) is 45.4. The Bertz CT molecular complexity index is 1420. The second-order valence-electron chi connectivity index (χ2n) is 21.5. The van der Waals surface area contributed by atoms with Crippen LogP contribution in [0.15, 0.2) is 0 Å². The summed E-state index contributed by atoms with van der Waals surface area (Å²) >= 11 is 0. The van der Waals surface area contributed by atoms with E-state index in [4.69, 9.17) is 18.5 Å². The summed E-state index contributed by atoms with van der Waals surface area (Å²) in [6.07, 6.45) is 10.2. The summed E-state index contributed by atoms with van der Waals surface area (Å²) in [7, 11) is -5.49. The highest BCUT2D eigenvalue weighted by Crippen LogP contribution is 2.48. The van der Waals surface area contributed by atoms with Gasteiger partial charge in [0.05, 0.1) is 25.4 Å². The maximum absolute atomic E-state index is 13.6. The average Bonchev–Trinajstić information content (AvgIpc) is 3.38. The molecule has 16 atom stereocenters. The minimum atomic E-state index is -5.49. The van der Waals surface area contributed by atoms with Crippen LogP contribution in [0, 0.1) is 0 Å². The summed E-state index contributed by atoms with van der Waals surface area (Å²) in [5, 5.41) is 119. The molecule has 0 aromatic heterocycles. The maximum Gasteiger partial charge on any atom is 0.472 e. The molecule has 2 rings (SSSR count). The Labute approximate surface area is 443 Å². The van der Waals surface area contributed by atoms with Gasteiger partial charge in [0.15, 0.2) is 6.29 Å². The van der Waals surface area contributed by atoms with Crippen LogP contribution in [-0.2, 0) is 27.9 Å². The summed E-state index contributed by atoms with van der Waals surface area (Å²) in [5.41, 5.74) is 0. The number of rotatable bonds is 46. The zero-order valence-corrected chi connectivity index (χ0v) is 46.3. The molecule has 0 aromatic rings. The number of hydrogen-bond acceptors (Lipinski definition) is 17. The van der Waals surface area contributed by atoms with Gasteiger partial charge in [0.25, 0.3) is 0 Å². The van der Waals surface area contributed by atoms with Crippen LogP contribution in [0.5, 0.6) is 0 Å². The molecule has 0 radical (unpaired) electrons. The van der Waals surface area contributed by atoms with Crippen molar-refractivity contribution in [2.45, 2.75) is 324 Å². The number of carbonyl (C=O) groups is 1. The standard InChI is InChI=1S/C54H106NO18P/c1-3-5-7-9-11-13-15-17-19-20-21-22-24-26-28-30-32-34-36-41(58)53(67)55-39(43(59)40(57)35-33-31-29-27-25-23-18-16-14-12-10-8-6-4-2)38-70-74(68,69)73-52-49(65)47(63)46(62)48(64)51(52)72-54-50(66)45(61)44(60)42(37-56)71-54/h39-52,54,56-66H,3-38H2,1-2H3,(H,55,67)(H,68,69)/t39-,40+,41+,42+,43-,44+,45-,46-,47-,48+,49+,50-,51+,52-,54+/m0/s1. The van der Waals surface area contributed by atoms with Gasteiger partial charge in [0.2, 0.25) is 5.91 Å². The predicted molar refractivity (Wildman–Crippen MR) is 282 cm³/mol. The lowest BCUT2D eigenvalue weighted by Gasteiger charge is -2.47. The molecule has 1 aliphatic carbocycles. The lowest BCUT2D eigenvalue weighted by atomic mass is 9.84. The Hall–Kier alpha value is -0.940. The third-order valence-electron chi connectivity index (χ3n) is 15.0. The number of hydrogen-bond donors (Lipinski definition) is 13. The van der Waals surface area contributed by atoms with Crippen molar-refractivity contribution in [1.82, 2.24) is 5.32 Å². The number of nitrogens with one attached hydrogen (secondary N) is 1. The Morgan fingerprint density at radius 2 is 0.878 bits per heavy atom. The van der Waals surface area contributed by atoms with Crippen molar-refractivity contribution in [2.75, 3.05) is 13.2 Å². The van der Waals surface area contributed by atoms with E-state index >= 15 is 0 Å². The number of aliphatic hydroxyl groups excluding tert-OH is 11. The number of aliphatic hydroxyl groups is 11. The van der Waals surface area contributed by atoms with Crippen molar-refractivity contribution in [3.8, 4) is 0 Å². The molecule has 2 aliphatic rings. The van der Waals surface area contributed by atoms with E-state index in [2.05, 4.69) is 19.2 Å². The van der Waals surface area contributed by atoms with Crippen LogP contribution in [0.25, 0.3) is 0 Å². The first kappa shape index (κ1) is 69.2. The summed E-state index contributed by atoms with van der Waals surface area (Å²) in [6, 6.07) is -1.58. The van der Waals surface area contributed by atoms with Crippen LogP contribution in [0.4, 0.5) is 0 Å². The lowest BCUT2D eigenvalue weighted by Crippen LogP contribution is -2.67. The van der Waals surface area contributed by atoms with Gasteiger partial charge in [-0.3, -0.25) is 13.8 Å². The molecule has 13 N–H and O–H groups in total. The van der Waals surface area contributed by atoms with E-state index in [9.17, 15) is 70.4 Å². The van der Waals surface area contributed by atoms with E-state index in [0.717, 1.165) is 57.8 Å². The van der Waals surface area contributed by atoms with Crippen molar-refractivity contribution in [3.63, 3.8) is 0 Å². The molecule has 20 heteroatoms. The van der Waals surface area contributed by atoms with Gasteiger partial charge in [-0.2, -0.15) is 0 Å². The Kier molecular flexibility index (Phi) is 38.4. The molecule has 19 nitrogen and oxygen atoms in total. The van der Waals surface area contributed by atoms with E-state index in [0.29, 0.717) is 12.8 Å². The van der Waals surface area contributed by atoms with Gasteiger partial charge >= 0.3 is 7.82 Å². The van der Waals surface area contributed by atoms with Gasteiger partial charge in [0, 0.05) is 0 Å². The number of phosphoric acid groups is 1. The summed E-state index contributed by atoms with van der Waals surface area (Å²) in [4.78, 5) is 24.3. The number of unbranched alkanes of at least 4 members (excludes halogenated alkanes) is 30. The smallest absolute Gasteiger partial charge is 0.394 e. The molecule has 1 unspecified atom stereocenters. The Morgan fingerprint density at radius 1 is 0.514 bits per heavy atom. The minimum absolute atomic E-state index is 0.101. The highest BCUT2D eigenvalue weighted by molar-refractivity contribution is 7.47. The van der Waals surface area contributed by atoms with E-state index < -0.39 is 119 Å². The van der Waals surface area contributed by atoms with Gasteiger partial charge in [0.1, 0.15) is 73.2 Å². The van der Waals surface area contributed by atoms with Gasteiger partial charge in [-0.15, -0.1) is 0 Å². The molecule has 0 bridgehead atoms. The van der Waals surface area contributed by atoms with Crippen molar-refractivity contribution in [2.24, 2.45) is 0 Å². The zero-order chi connectivity index (χ0) is 54.7. The fraction of sp³-hybridized carbons (Fsp3) is 0.981. The summed E-state index contributed by atoms with van der Waals surface area (Å²) in [5.74, 6) is -0.919. The predicted octanol–water partition coefficient (Wildman–Crippen LogP) is 6.00. The topological polar surface area (TPSA) is 326 Å². The van der Waals surface area contributed by atoms with Gasteiger partial charge < -0.3 is 75.9 Å². The van der Waals surface area contributed by atoms with Gasteiger partial charge in [-0.05, 0) is 12.8 Å². The fourth-order valence-electron chi connectivity index (χ4n) is 10.0. The lowest BCUT2D eigenvalue weighted by molar-refractivity contribution is -0.338. The first-order chi connectivity index (χ1) is 35.5. The highest BCUT2D eigenvalue weighted by atomic mass is 31.2. The van der Waals surface area contributed by atoms with Crippen molar-refractivity contribution < 1.29 is 88.9 Å². The fourth-order valence-corrected chi connectivity index (χ4v) is 11.0. The second kappa shape index (κ2) is 41.1. The minimum Gasteiger partial charge on any atom is -0.394 e. The molecular formula is C54H106NO18P. The van der Waals surface area contributed by atoms with Crippen LogP contribution in [0.2, 0.25) is 0 Å². The SMILES string of the molecule is CCCCCCCCCCCCCCCCCCCC[C@@H](O)C(=O)N[C@@H](COP(=O)(O)O[C@H]1[C@H](O)[C@@H](O)[C@H](O)[C@@H](O)[C@H]1O[C@H]1O[C@H](CO)[C@@H](O)[C@H](O)[C@@H]1O)[C@H](O)[C@H](O)CCCCCCCCCCCCCCCC. The van der Waals surface area contributed by atoms with Crippen LogP contribution in [0.1, 0.15) is 232 Å². The Balaban J connectivity index is 1.96. The molecule has 74 heavy (non-hydrogen) atoms. The molecule has 0 aromatic carbocycles. The van der Waals surface area contributed by atoms with Crippen molar-refractivity contribution in [1.29, 1.82) is 0 Å². The molecule has 1 heterocycles. The summed E-state index contributed by atoms with van der Waals surface area (Å²) < 4.78 is 34.8. The molecule has 1 amide bonds. The molecular weight excluding hydrogens is 982 g/mol. The van der Waals surface area contributed by atoms with Crippen molar-refractivity contribution in [3.05, 3.63) is 0 Å². The third kappa shape index (κ3) is 27.8. The van der Waals surface area contributed by atoms with Gasteiger partial charge in [-0.1, -0.05) is 219 Å². The number of carbonyl (C=O) groups excluding carboxylic acids is 1. The molecule has 1 saturated carbocycles. The highest BCUT2D eigenvalue weighted by Gasteiger charge is 2.55. The molecule has 1 aliphatic heterocycles. The van der Waals surface area contributed by atoms with Crippen LogP contribution in [0.3, 0.4) is 0 Å². The third-order valence-corrected chi connectivity index (χ3v) is 16.0. The van der Waals surface area contributed by atoms with E-state index in [1.807, 2.05) is 0 Å². The molecule has 440 valence electrons.